The summed E-state index contributed by atoms with van der Waals surface area (Å²) in [5, 5.41) is 45.2. The second-order valence-electron chi connectivity index (χ2n) is 25.2. The molecule has 0 aromatic rings. The molecule has 488 valence electrons. The summed E-state index contributed by atoms with van der Waals surface area (Å²) in [5.74, 6) is -0.222. The van der Waals surface area contributed by atoms with Crippen molar-refractivity contribution >= 4 is 16.3 Å². The lowest BCUT2D eigenvalue weighted by Crippen LogP contribution is -2.61. The molecule has 1 aliphatic rings. The van der Waals surface area contributed by atoms with E-state index in [0.29, 0.717) is 12.8 Å². The average molecular weight is 1190 g/mol. The number of nitrogens with one attached hydrogen (secondary N) is 1. The van der Waals surface area contributed by atoms with E-state index in [9.17, 15) is 38.2 Å². The van der Waals surface area contributed by atoms with Gasteiger partial charge < -0.3 is 35.2 Å². The number of amides is 1. The molecule has 0 saturated carbocycles. The van der Waals surface area contributed by atoms with Crippen molar-refractivity contribution < 1.29 is 51.8 Å². The number of hydrogen-bond acceptors (Lipinski definition) is 10. The van der Waals surface area contributed by atoms with Gasteiger partial charge in [-0.15, -0.1) is 0 Å². The SMILES string of the molecule is CCCCCCCCCCCCCCCCCCCC/C=C\CCCCCCCCCCCCCCCCCCCC(=O)NC(COC1OC(CO)C(O)C(OS(=O)(=O)O)C1O)C(O)CCCCCCCCCCCCCCCCCC. The normalized spacial score (nSPS) is 18.5. The van der Waals surface area contributed by atoms with Gasteiger partial charge in [0.2, 0.25) is 5.91 Å². The number of ether oxygens (including phenoxy) is 2. The van der Waals surface area contributed by atoms with E-state index in [1.165, 1.54) is 289 Å². The van der Waals surface area contributed by atoms with Gasteiger partial charge in [-0.3, -0.25) is 9.35 Å². The fourth-order valence-electron chi connectivity index (χ4n) is 11.9. The Morgan fingerprint density at radius 2 is 0.780 bits per heavy atom. The summed E-state index contributed by atoms with van der Waals surface area (Å²) in [4.78, 5) is 13.2. The highest BCUT2D eigenvalue weighted by Crippen LogP contribution is 2.27. The Balaban J connectivity index is 2.13. The Kier molecular flexibility index (Phi) is 56.6. The van der Waals surface area contributed by atoms with E-state index in [1.54, 1.807) is 0 Å². The molecule has 1 heterocycles. The molecule has 6 N–H and O–H groups in total. The van der Waals surface area contributed by atoms with Crippen LogP contribution in [0.15, 0.2) is 12.2 Å². The van der Waals surface area contributed by atoms with Gasteiger partial charge in [-0.25, -0.2) is 4.18 Å². The molecule has 0 radical (unpaired) electrons. The third-order valence-corrected chi connectivity index (χ3v) is 17.8. The zero-order chi connectivity index (χ0) is 59.7. The molecule has 0 aromatic heterocycles. The molecule has 7 unspecified atom stereocenters. The van der Waals surface area contributed by atoms with Gasteiger partial charge in [-0.2, -0.15) is 8.42 Å². The number of carbonyl (C=O) groups is 1. The molecule has 1 amide bonds. The highest BCUT2D eigenvalue weighted by molar-refractivity contribution is 7.80. The fraction of sp³-hybridized carbons (Fsp3) is 0.957. The highest BCUT2D eigenvalue weighted by Gasteiger charge is 2.48. The summed E-state index contributed by atoms with van der Waals surface area (Å²) >= 11 is 0. The molecule has 1 rings (SSSR count). The summed E-state index contributed by atoms with van der Waals surface area (Å²) in [5.41, 5.74) is 0. The van der Waals surface area contributed by atoms with Crippen molar-refractivity contribution in [2.75, 3.05) is 13.2 Å². The predicted octanol–water partition coefficient (Wildman–Crippen LogP) is 18.5. The van der Waals surface area contributed by atoms with Crippen LogP contribution in [0, 0.1) is 0 Å². The second-order valence-corrected chi connectivity index (χ2v) is 26.2. The van der Waals surface area contributed by atoms with E-state index in [0.717, 1.165) is 51.4 Å². The summed E-state index contributed by atoms with van der Waals surface area (Å²) in [6.07, 6.45) is 65.6. The molecular formula is C69H135NO11S. The number of aliphatic hydroxyl groups excluding tert-OH is 4. The smallest absolute Gasteiger partial charge is 0.394 e. The van der Waals surface area contributed by atoms with Crippen LogP contribution in [0.4, 0.5) is 0 Å². The quantitative estimate of drug-likeness (QED) is 0.0193. The lowest BCUT2D eigenvalue weighted by Gasteiger charge is -2.41. The van der Waals surface area contributed by atoms with Crippen LogP contribution in [-0.4, -0.2) is 95.4 Å². The molecule has 0 spiro atoms. The van der Waals surface area contributed by atoms with E-state index < -0.39 is 59.9 Å². The molecule has 0 aromatic carbocycles. The van der Waals surface area contributed by atoms with E-state index in [2.05, 4.69) is 35.5 Å². The van der Waals surface area contributed by atoms with Crippen LogP contribution in [0.3, 0.4) is 0 Å². The van der Waals surface area contributed by atoms with Gasteiger partial charge in [0.05, 0.1) is 25.4 Å². The van der Waals surface area contributed by atoms with E-state index in [1.807, 2.05) is 0 Å². The van der Waals surface area contributed by atoms with Crippen molar-refractivity contribution in [2.45, 2.75) is 410 Å². The number of unbranched alkanes of at least 4 members (excludes halogenated alkanes) is 50. The van der Waals surface area contributed by atoms with Gasteiger partial charge in [0, 0.05) is 6.42 Å². The first-order valence-electron chi connectivity index (χ1n) is 35.6. The Bertz CT molecular complexity index is 1490. The van der Waals surface area contributed by atoms with Crippen LogP contribution in [0.1, 0.15) is 367 Å². The lowest BCUT2D eigenvalue weighted by atomic mass is 9.99. The first kappa shape index (κ1) is 78.9. The minimum atomic E-state index is -5.08. The molecule has 1 aliphatic heterocycles. The van der Waals surface area contributed by atoms with Crippen LogP contribution < -0.4 is 5.32 Å². The van der Waals surface area contributed by atoms with Crippen molar-refractivity contribution in [2.24, 2.45) is 0 Å². The van der Waals surface area contributed by atoms with Crippen molar-refractivity contribution in [1.82, 2.24) is 5.32 Å². The van der Waals surface area contributed by atoms with Crippen LogP contribution in [-0.2, 0) is 28.9 Å². The van der Waals surface area contributed by atoms with E-state index >= 15 is 0 Å². The standard InChI is InChI=1S/C69H135NO11S/c1-3-5-7-9-11-13-15-17-19-21-22-23-24-25-26-27-28-29-30-31-32-33-34-35-36-37-38-39-40-41-42-43-45-47-49-51-53-55-57-59-65(73)70-62(61-79-69-67(75)68(81-82(76,77)78)66(74)64(60-71)80-69)63(72)58-56-54-52-50-48-46-44-20-18-16-14-12-10-8-6-4-2/h31-32,62-64,66-69,71-72,74-75H,3-30,33-61H2,1-2H3,(H,70,73)(H,76,77,78)/b32-31-. The Morgan fingerprint density at radius 3 is 1.10 bits per heavy atom. The second kappa shape index (κ2) is 58.8. The largest absolute Gasteiger partial charge is 0.397 e. The number of rotatable bonds is 64. The van der Waals surface area contributed by atoms with Crippen LogP contribution in [0.25, 0.3) is 0 Å². The minimum Gasteiger partial charge on any atom is -0.394 e. The van der Waals surface area contributed by atoms with Crippen molar-refractivity contribution in [3.8, 4) is 0 Å². The van der Waals surface area contributed by atoms with Gasteiger partial charge in [0.15, 0.2) is 6.29 Å². The van der Waals surface area contributed by atoms with Gasteiger partial charge in [-0.05, 0) is 38.5 Å². The summed E-state index contributed by atoms with van der Waals surface area (Å²) < 4.78 is 48.0. The summed E-state index contributed by atoms with van der Waals surface area (Å²) in [7, 11) is -5.08. The molecule has 12 nitrogen and oxygen atoms in total. The number of carbonyl (C=O) groups excluding carboxylic acids is 1. The van der Waals surface area contributed by atoms with Crippen LogP contribution >= 0.6 is 0 Å². The van der Waals surface area contributed by atoms with Crippen LogP contribution in [0.5, 0.6) is 0 Å². The number of allylic oxidation sites excluding steroid dienone is 2. The van der Waals surface area contributed by atoms with E-state index in [-0.39, 0.29) is 12.5 Å². The summed E-state index contributed by atoms with van der Waals surface area (Å²) in [6, 6.07) is -0.856. The van der Waals surface area contributed by atoms with Gasteiger partial charge in [0.1, 0.15) is 24.4 Å². The van der Waals surface area contributed by atoms with Gasteiger partial charge in [-0.1, -0.05) is 334 Å². The molecular weight excluding hydrogens is 1050 g/mol. The molecule has 1 saturated heterocycles. The molecule has 7 atom stereocenters. The van der Waals surface area contributed by atoms with Gasteiger partial charge >= 0.3 is 10.4 Å². The Morgan fingerprint density at radius 1 is 0.476 bits per heavy atom. The first-order valence-corrected chi connectivity index (χ1v) is 36.9. The number of aliphatic hydroxyl groups is 4. The third kappa shape index (κ3) is 49.9. The molecule has 0 bridgehead atoms. The molecule has 1 fully saturated rings. The number of hydrogen-bond donors (Lipinski definition) is 6. The molecule has 82 heavy (non-hydrogen) atoms. The third-order valence-electron chi connectivity index (χ3n) is 17.3. The Labute approximate surface area is 506 Å². The maximum absolute atomic E-state index is 13.2. The van der Waals surface area contributed by atoms with Crippen molar-refractivity contribution in [3.63, 3.8) is 0 Å². The topological polar surface area (TPSA) is 192 Å². The van der Waals surface area contributed by atoms with Crippen molar-refractivity contribution in [3.05, 3.63) is 12.2 Å². The monoisotopic (exact) mass is 1190 g/mol. The van der Waals surface area contributed by atoms with Gasteiger partial charge in [0.25, 0.3) is 0 Å². The Hall–Kier alpha value is -1.16. The maximum Gasteiger partial charge on any atom is 0.397 e. The van der Waals surface area contributed by atoms with E-state index in [4.69, 9.17) is 9.47 Å². The van der Waals surface area contributed by atoms with Crippen molar-refractivity contribution in [1.29, 1.82) is 0 Å². The minimum absolute atomic E-state index is 0.222. The lowest BCUT2D eigenvalue weighted by molar-refractivity contribution is -0.298. The van der Waals surface area contributed by atoms with Crippen LogP contribution in [0.2, 0.25) is 0 Å². The first-order chi connectivity index (χ1) is 40.0. The summed E-state index contributed by atoms with van der Waals surface area (Å²) in [6.45, 7) is 3.51. The highest BCUT2D eigenvalue weighted by atomic mass is 32.3. The predicted molar refractivity (Wildman–Crippen MR) is 342 cm³/mol. The zero-order valence-corrected chi connectivity index (χ0v) is 54.4. The maximum atomic E-state index is 13.2. The molecule has 0 aliphatic carbocycles. The zero-order valence-electron chi connectivity index (χ0n) is 53.6. The molecule has 13 heteroatoms. The fourth-order valence-corrected chi connectivity index (χ4v) is 12.4. The average Bonchev–Trinajstić information content (AvgIpc) is 3.62.